The molecule has 1 fully saturated rings. The van der Waals surface area contributed by atoms with E-state index in [9.17, 15) is 9.59 Å². The molecule has 1 aliphatic carbocycles. The summed E-state index contributed by atoms with van der Waals surface area (Å²) in [5.74, 6) is -1.30. The molecule has 2 unspecified atom stereocenters. The van der Waals surface area contributed by atoms with E-state index >= 15 is 0 Å². The molecule has 2 atom stereocenters. The van der Waals surface area contributed by atoms with Crippen molar-refractivity contribution >= 4 is 11.8 Å². The van der Waals surface area contributed by atoms with Crippen LogP contribution in [0, 0.1) is 11.8 Å². The predicted molar refractivity (Wildman–Crippen MR) is 44.7 cm³/mol. The molecule has 0 bridgehead atoms. The van der Waals surface area contributed by atoms with Crippen molar-refractivity contribution in [1.82, 2.24) is 10.9 Å². The predicted octanol–water partition coefficient (Wildman–Crippen LogP) is -1.21. The van der Waals surface area contributed by atoms with Gasteiger partial charge in [0.15, 0.2) is 0 Å². The van der Waals surface area contributed by atoms with E-state index < -0.39 is 11.8 Å². The standard InChI is InChI=1S/C8H9N3O2/c9-4-1-2-5-6(3-4)8(13)11-10-7(5)12/h1-3,5-6H,9H2,(H,10,12)(H,11,13). The largest absolute Gasteiger partial charge is 0.399 e. The zero-order chi connectivity index (χ0) is 9.42. The van der Waals surface area contributed by atoms with Gasteiger partial charge in [-0.05, 0) is 12.2 Å². The van der Waals surface area contributed by atoms with Crippen LogP contribution >= 0.6 is 0 Å². The van der Waals surface area contributed by atoms with Gasteiger partial charge in [-0.15, -0.1) is 0 Å². The topological polar surface area (TPSA) is 84.2 Å². The van der Waals surface area contributed by atoms with Gasteiger partial charge in [0.1, 0.15) is 0 Å². The fourth-order valence-electron chi connectivity index (χ4n) is 1.48. The number of hydrazine groups is 1. The second kappa shape index (κ2) is 2.62. The fraction of sp³-hybridized carbons (Fsp3) is 0.250. The van der Waals surface area contributed by atoms with Crippen LogP contribution in [0.2, 0.25) is 0 Å². The molecule has 13 heavy (non-hydrogen) atoms. The molecule has 1 saturated heterocycles. The van der Waals surface area contributed by atoms with Gasteiger partial charge < -0.3 is 5.73 Å². The summed E-state index contributed by atoms with van der Waals surface area (Å²) in [6.07, 6.45) is 4.88. The van der Waals surface area contributed by atoms with Gasteiger partial charge in [0.2, 0.25) is 11.8 Å². The van der Waals surface area contributed by atoms with Gasteiger partial charge >= 0.3 is 0 Å². The highest BCUT2D eigenvalue weighted by Crippen LogP contribution is 2.23. The van der Waals surface area contributed by atoms with E-state index in [1.165, 1.54) is 0 Å². The number of carbonyl (C=O) groups excluding carboxylic acids is 2. The molecule has 5 nitrogen and oxygen atoms in total. The summed E-state index contributed by atoms with van der Waals surface area (Å²) >= 11 is 0. The number of fused-ring (bicyclic) bond motifs is 1. The van der Waals surface area contributed by atoms with Gasteiger partial charge in [-0.3, -0.25) is 20.4 Å². The van der Waals surface area contributed by atoms with Crippen molar-refractivity contribution in [3.63, 3.8) is 0 Å². The Balaban J connectivity index is 2.32. The van der Waals surface area contributed by atoms with Crippen molar-refractivity contribution in [2.45, 2.75) is 0 Å². The molecule has 68 valence electrons. The SMILES string of the molecule is NC1=CC2C(=O)NNC(=O)C2C=C1. The molecule has 2 rings (SSSR count). The minimum Gasteiger partial charge on any atom is -0.399 e. The zero-order valence-electron chi connectivity index (χ0n) is 6.78. The van der Waals surface area contributed by atoms with Crippen molar-refractivity contribution in [3.8, 4) is 0 Å². The molecule has 5 heteroatoms. The van der Waals surface area contributed by atoms with Gasteiger partial charge in [0, 0.05) is 5.70 Å². The number of rotatable bonds is 0. The fourth-order valence-corrected chi connectivity index (χ4v) is 1.48. The van der Waals surface area contributed by atoms with Gasteiger partial charge in [-0.2, -0.15) is 0 Å². The lowest BCUT2D eigenvalue weighted by Crippen LogP contribution is -2.55. The molecule has 2 aliphatic rings. The van der Waals surface area contributed by atoms with Crippen LogP contribution in [0.4, 0.5) is 0 Å². The van der Waals surface area contributed by atoms with Crippen molar-refractivity contribution in [1.29, 1.82) is 0 Å². The lowest BCUT2D eigenvalue weighted by Gasteiger charge is -2.28. The first-order chi connectivity index (χ1) is 6.18. The Morgan fingerprint density at radius 1 is 1.15 bits per heavy atom. The van der Waals surface area contributed by atoms with E-state index in [0.29, 0.717) is 5.70 Å². The monoisotopic (exact) mass is 179 g/mol. The Labute approximate surface area is 74.6 Å². The third-order valence-electron chi connectivity index (χ3n) is 2.17. The number of hydrogen-bond acceptors (Lipinski definition) is 3. The first kappa shape index (κ1) is 7.85. The Hall–Kier alpha value is -1.78. The summed E-state index contributed by atoms with van der Waals surface area (Å²) in [5.41, 5.74) is 10.6. The normalized spacial score (nSPS) is 31.5. The maximum absolute atomic E-state index is 11.3. The number of nitrogens with one attached hydrogen (secondary N) is 2. The molecule has 0 radical (unpaired) electrons. The number of nitrogens with two attached hydrogens (primary N) is 1. The molecule has 0 spiro atoms. The highest BCUT2D eigenvalue weighted by Gasteiger charge is 2.36. The first-order valence-electron chi connectivity index (χ1n) is 3.93. The summed E-state index contributed by atoms with van der Waals surface area (Å²) < 4.78 is 0. The van der Waals surface area contributed by atoms with Gasteiger partial charge in [-0.25, -0.2) is 0 Å². The van der Waals surface area contributed by atoms with Crippen molar-refractivity contribution < 1.29 is 9.59 Å². The van der Waals surface area contributed by atoms with E-state index in [0.717, 1.165) is 0 Å². The summed E-state index contributed by atoms with van der Waals surface area (Å²) in [5, 5.41) is 0. The molecule has 0 aromatic rings. The Kier molecular flexibility index (Phi) is 1.58. The number of carbonyl (C=O) groups is 2. The van der Waals surface area contributed by atoms with Crippen molar-refractivity contribution in [2.24, 2.45) is 17.6 Å². The highest BCUT2D eigenvalue weighted by atomic mass is 16.2. The lowest BCUT2D eigenvalue weighted by atomic mass is 9.85. The number of amides is 2. The van der Waals surface area contributed by atoms with Crippen molar-refractivity contribution in [3.05, 3.63) is 23.9 Å². The smallest absolute Gasteiger partial charge is 0.246 e. The molecule has 0 saturated carbocycles. The van der Waals surface area contributed by atoms with E-state index in [4.69, 9.17) is 5.73 Å². The average molecular weight is 179 g/mol. The Morgan fingerprint density at radius 2 is 1.77 bits per heavy atom. The van der Waals surface area contributed by atoms with Crippen LogP contribution in [-0.4, -0.2) is 11.8 Å². The van der Waals surface area contributed by atoms with Gasteiger partial charge in [0.25, 0.3) is 0 Å². The van der Waals surface area contributed by atoms with Crippen LogP contribution < -0.4 is 16.6 Å². The third kappa shape index (κ3) is 1.18. The first-order valence-corrected chi connectivity index (χ1v) is 3.93. The van der Waals surface area contributed by atoms with E-state index in [2.05, 4.69) is 10.9 Å². The van der Waals surface area contributed by atoms with Gasteiger partial charge in [0.05, 0.1) is 11.8 Å². The quantitative estimate of drug-likeness (QED) is 0.436. The minimum absolute atomic E-state index is 0.204. The third-order valence-corrected chi connectivity index (χ3v) is 2.17. The molecule has 0 aromatic carbocycles. The second-order valence-corrected chi connectivity index (χ2v) is 3.06. The molecule has 4 N–H and O–H groups in total. The molecular weight excluding hydrogens is 170 g/mol. The van der Waals surface area contributed by atoms with Crippen LogP contribution in [0.5, 0.6) is 0 Å². The highest BCUT2D eigenvalue weighted by molar-refractivity contribution is 5.95. The van der Waals surface area contributed by atoms with Crippen molar-refractivity contribution in [2.75, 3.05) is 0 Å². The molecule has 1 heterocycles. The van der Waals surface area contributed by atoms with Crippen LogP contribution in [0.3, 0.4) is 0 Å². The molecule has 0 aromatic heterocycles. The van der Waals surface area contributed by atoms with Crippen LogP contribution in [0.15, 0.2) is 23.9 Å². The van der Waals surface area contributed by atoms with E-state index in [1.54, 1.807) is 18.2 Å². The summed E-state index contributed by atoms with van der Waals surface area (Å²) in [6.45, 7) is 0. The summed E-state index contributed by atoms with van der Waals surface area (Å²) in [4.78, 5) is 22.5. The maximum Gasteiger partial charge on any atom is 0.246 e. The maximum atomic E-state index is 11.3. The Morgan fingerprint density at radius 3 is 2.46 bits per heavy atom. The number of hydrogen-bond donors (Lipinski definition) is 3. The number of allylic oxidation sites excluding steroid dienone is 1. The minimum atomic E-state index is -0.459. The van der Waals surface area contributed by atoms with E-state index in [1.807, 2.05) is 0 Å². The summed E-state index contributed by atoms with van der Waals surface area (Å²) in [6, 6.07) is 0. The molecule has 2 amide bonds. The molecule has 1 aliphatic heterocycles. The molecular formula is C8H9N3O2. The van der Waals surface area contributed by atoms with Crippen LogP contribution in [-0.2, 0) is 9.59 Å². The van der Waals surface area contributed by atoms with Crippen LogP contribution in [0.1, 0.15) is 0 Å². The Bertz CT molecular complexity index is 332. The van der Waals surface area contributed by atoms with E-state index in [-0.39, 0.29) is 11.8 Å². The summed E-state index contributed by atoms with van der Waals surface area (Å²) in [7, 11) is 0. The lowest BCUT2D eigenvalue weighted by molar-refractivity contribution is -0.139. The second-order valence-electron chi connectivity index (χ2n) is 3.06. The van der Waals surface area contributed by atoms with Crippen LogP contribution in [0.25, 0.3) is 0 Å². The average Bonchev–Trinajstić information content (AvgIpc) is 2.12. The zero-order valence-corrected chi connectivity index (χ0v) is 6.78. The van der Waals surface area contributed by atoms with Gasteiger partial charge in [-0.1, -0.05) is 6.08 Å².